The third-order valence-corrected chi connectivity index (χ3v) is 8.47. The molecular formula is C45H74N2O5. The summed E-state index contributed by atoms with van der Waals surface area (Å²) in [4.78, 5) is 36.1. The van der Waals surface area contributed by atoms with Crippen LogP contribution < -0.4 is 11.1 Å². The fraction of sp³-hybridized carbons (Fsp3) is 0.622. The molecule has 0 aliphatic rings. The number of carboxylic acids is 1. The zero-order valence-electron chi connectivity index (χ0n) is 32.9. The number of unbranched alkanes of at least 4 members (excludes halogenated alkanes) is 7. The average molecular weight is 723 g/mol. The predicted molar refractivity (Wildman–Crippen MR) is 220 cm³/mol. The van der Waals surface area contributed by atoms with Crippen LogP contribution in [-0.2, 0) is 19.1 Å². The molecule has 0 aliphatic heterocycles. The second kappa shape index (κ2) is 38.8. The topological polar surface area (TPSA) is 119 Å². The number of nitrogens with one attached hydrogen (secondary N) is 1. The Morgan fingerprint density at radius 1 is 0.577 bits per heavy atom. The molecule has 0 spiro atoms. The van der Waals surface area contributed by atoms with Crippen molar-refractivity contribution < 1.29 is 24.2 Å². The first-order valence-electron chi connectivity index (χ1n) is 20.4. The lowest BCUT2D eigenvalue weighted by Crippen LogP contribution is -2.40. The molecule has 7 nitrogen and oxygen atoms in total. The highest BCUT2D eigenvalue weighted by atomic mass is 16.5. The van der Waals surface area contributed by atoms with E-state index >= 15 is 0 Å². The molecule has 294 valence electrons. The summed E-state index contributed by atoms with van der Waals surface area (Å²) >= 11 is 0. The van der Waals surface area contributed by atoms with E-state index in [4.69, 9.17) is 10.5 Å². The summed E-state index contributed by atoms with van der Waals surface area (Å²) in [5.74, 6) is -1.35. The first-order valence-corrected chi connectivity index (χ1v) is 20.4. The minimum Gasteiger partial charge on any atom is -0.480 e. The van der Waals surface area contributed by atoms with E-state index in [1.807, 2.05) is 0 Å². The smallest absolute Gasteiger partial charge is 0.326 e. The van der Waals surface area contributed by atoms with Crippen LogP contribution in [-0.4, -0.2) is 41.6 Å². The second-order valence-electron chi connectivity index (χ2n) is 13.3. The number of esters is 1. The van der Waals surface area contributed by atoms with Crippen molar-refractivity contribution in [2.24, 2.45) is 5.73 Å². The summed E-state index contributed by atoms with van der Waals surface area (Å²) in [6, 6.07) is -0.872. The van der Waals surface area contributed by atoms with Gasteiger partial charge >= 0.3 is 11.9 Å². The second-order valence-corrected chi connectivity index (χ2v) is 13.3. The number of aliphatic carboxylic acids is 1. The summed E-state index contributed by atoms with van der Waals surface area (Å²) in [5.41, 5.74) is 5.46. The molecule has 0 saturated heterocycles. The van der Waals surface area contributed by atoms with E-state index in [-0.39, 0.29) is 18.0 Å². The molecule has 4 N–H and O–H groups in total. The summed E-state index contributed by atoms with van der Waals surface area (Å²) in [5, 5.41) is 11.9. The summed E-state index contributed by atoms with van der Waals surface area (Å²) in [6.45, 7) is 4.75. The van der Waals surface area contributed by atoms with Gasteiger partial charge in [-0.1, -0.05) is 131 Å². The highest BCUT2D eigenvalue weighted by Crippen LogP contribution is 2.17. The third kappa shape index (κ3) is 35.0. The van der Waals surface area contributed by atoms with Crippen LogP contribution >= 0.6 is 0 Å². The number of nitrogens with two attached hydrogens (primary N) is 1. The number of carbonyl (C=O) groups excluding carboxylic acids is 2. The molecule has 2 unspecified atom stereocenters. The van der Waals surface area contributed by atoms with E-state index in [0.717, 1.165) is 103 Å². The quantitative estimate of drug-likeness (QED) is 0.0340. The van der Waals surface area contributed by atoms with Crippen molar-refractivity contribution in [1.29, 1.82) is 0 Å². The van der Waals surface area contributed by atoms with E-state index < -0.39 is 12.0 Å². The van der Waals surface area contributed by atoms with Crippen molar-refractivity contribution in [3.05, 3.63) is 85.1 Å². The summed E-state index contributed by atoms with van der Waals surface area (Å²) in [7, 11) is 0. The minimum absolute atomic E-state index is 0.0461. The Bertz CT molecular complexity index is 1090. The normalized spacial score (nSPS) is 13.6. The maximum Gasteiger partial charge on any atom is 0.326 e. The molecule has 0 heterocycles. The van der Waals surface area contributed by atoms with Gasteiger partial charge in [0.2, 0.25) is 5.91 Å². The number of allylic oxidation sites excluding steroid dienone is 14. The van der Waals surface area contributed by atoms with Gasteiger partial charge in [-0.3, -0.25) is 9.59 Å². The zero-order valence-corrected chi connectivity index (χ0v) is 32.9. The lowest BCUT2D eigenvalue weighted by molar-refractivity contribution is -0.150. The summed E-state index contributed by atoms with van der Waals surface area (Å²) in [6.07, 6.45) is 50.8. The molecule has 2 atom stereocenters. The molecule has 0 bridgehead atoms. The number of hydrogen-bond acceptors (Lipinski definition) is 5. The third-order valence-electron chi connectivity index (χ3n) is 8.47. The first kappa shape index (κ1) is 48.5. The number of hydrogen-bond donors (Lipinski definition) is 3. The van der Waals surface area contributed by atoms with E-state index in [1.165, 1.54) is 12.8 Å². The van der Waals surface area contributed by atoms with Gasteiger partial charge < -0.3 is 20.9 Å². The van der Waals surface area contributed by atoms with Crippen molar-refractivity contribution in [2.45, 2.75) is 174 Å². The largest absolute Gasteiger partial charge is 0.480 e. The van der Waals surface area contributed by atoms with Gasteiger partial charge in [-0.05, 0) is 109 Å². The standard InChI is InChI=1S/C45H74N2O5/c1-3-5-7-9-10-11-12-13-14-15-16-17-18-19-20-21-22-23-24-25-26-27-33-39-44(49)52-41(35-30-8-6-4-2)36-31-28-29-32-38-43(48)47-42(45(50)51)37-34-40-46/h5,7,10-11,13-14,16-17,19-20,22-23,25-26,41-42H,3-4,6,8-9,12,15,18,21,24,27-40,46H2,1-2H3,(H,47,48)(H,50,51)/b7-5-,11-10-,14-13-,17-16-,20-19-,23-22-,26-25-. The Kier molecular flexibility index (Phi) is 36.2. The molecule has 1 amide bonds. The molecule has 0 aromatic rings. The van der Waals surface area contributed by atoms with Gasteiger partial charge in [-0.2, -0.15) is 0 Å². The van der Waals surface area contributed by atoms with Crippen molar-refractivity contribution in [1.82, 2.24) is 5.32 Å². The molecule has 0 fully saturated rings. The highest BCUT2D eigenvalue weighted by molar-refractivity contribution is 5.83. The number of carboxylic acid groups (broad SMARTS) is 1. The van der Waals surface area contributed by atoms with Gasteiger partial charge in [0.05, 0.1) is 0 Å². The van der Waals surface area contributed by atoms with Gasteiger partial charge in [0.25, 0.3) is 0 Å². The lowest BCUT2D eigenvalue weighted by atomic mass is 10.0. The van der Waals surface area contributed by atoms with Crippen molar-refractivity contribution >= 4 is 17.8 Å². The Morgan fingerprint density at radius 3 is 1.54 bits per heavy atom. The fourth-order valence-corrected chi connectivity index (χ4v) is 5.44. The Balaban J connectivity index is 4.13. The maximum atomic E-state index is 12.6. The number of carbonyl (C=O) groups is 3. The van der Waals surface area contributed by atoms with Crippen LogP contribution in [0.1, 0.15) is 162 Å². The molecule has 0 aliphatic carbocycles. The van der Waals surface area contributed by atoms with E-state index in [1.54, 1.807) is 0 Å². The zero-order chi connectivity index (χ0) is 38.2. The monoisotopic (exact) mass is 723 g/mol. The van der Waals surface area contributed by atoms with Crippen LogP contribution in [0.2, 0.25) is 0 Å². The molecule has 0 saturated carbocycles. The molecule has 0 aromatic heterocycles. The van der Waals surface area contributed by atoms with Crippen LogP contribution in [0, 0.1) is 0 Å². The number of ether oxygens (including phenoxy) is 1. The number of rotatable bonds is 35. The Labute approximate surface area is 317 Å². The van der Waals surface area contributed by atoms with Gasteiger partial charge in [0, 0.05) is 12.8 Å². The van der Waals surface area contributed by atoms with Crippen molar-refractivity contribution in [3.8, 4) is 0 Å². The molecule has 7 heteroatoms. The van der Waals surface area contributed by atoms with E-state index in [0.29, 0.717) is 38.6 Å². The predicted octanol–water partition coefficient (Wildman–Crippen LogP) is 11.3. The van der Waals surface area contributed by atoms with Crippen LogP contribution in [0.3, 0.4) is 0 Å². The Hall–Kier alpha value is -3.45. The Morgan fingerprint density at radius 2 is 1.06 bits per heavy atom. The molecule has 0 rings (SSSR count). The average Bonchev–Trinajstić information content (AvgIpc) is 3.13. The van der Waals surface area contributed by atoms with Gasteiger partial charge in [-0.15, -0.1) is 0 Å². The first-order chi connectivity index (χ1) is 25.4. The van der Waals surface area contributed by atoms with Crippen LogP contribution in [0.5, 0.6) is 0 Å². The fourth-order valence-electron chi connectivity index (χ4n) is 5.44. The molecule has 52 heavy (non-hydrogen) atoms. The van der Waals surface area contributed by atoms with Crippen molar-refractivity contribution in [3.63, 3.8) is 0 Å². The highest BCUT2D eigenvalue weighted by Gasteiger charge is 2.19. The van der Waals surface area contributed by atoms with Crippen LogP contribution in [0.15, 0.2) is 85.1 Å². The lowest BCUT2D eigenvalue weighted by Gasteiger charge is -2.18. The molecular weight excluding hydrogens is 649 g/mol. The molecule has 0 aromatic carbocycles. The van der Waals surface area contributed by atoms with Gasteiger partial charge in [0.1, 0.15) is 12.1 Å². The number of amides is 1. The van der Waals surface area contributed by atoms with Gasteiger partial charge in [-0.25, -0.2) is 4.79 Å². The van der Waals surface area contributed by atoms with Crippen molar-refractivity contribution in [2.75, 3.05) is 6.54 Å². The SMILES string of the molecule is CC/C=C\C/C=C\C/C=C\C/C=C\C/C=C\C/C=C\C/C=C\CCCC(=O)OC(CCCCCC)CCCCCCC(=O)NC(CCCN)C(=O)O. The van der Waals surface area contributed by atoms with Gasteiger partial charge in [0.15, 0.2) is 0 Å². The van der Waals surface area contributed by atoms with Crippen LogP contribution in [0.4, 0.5) is 0 Å². The maximum absolute atomic E-state index is 12.6. The molecule has 0 radical (unpaired) electrons. The summed E-state index contributed by atoms with van der Waals surface area (Å²) < 4.78 is 5.90. The minimum atomic E-state index is -1.02. The van der Waals surface area contributed by atoms with E-state index in [9.17, 15) is 19.5 Å². The van der Waals surface area contributed by atoms with Crippen LogP contribution in [0.25, 0.3) is 0 Å². The van der Waals surface area contributed by atoms with E-state index in [2.05, 4.69) is 104 Å².